The molecular weight excluding hydrogens is 418 g/mol. The summed E-state index contributed by atoms with van der Waals surface area (Å²) in [5.41, 5.74) is 6.22. The highest BCUT2D eigenvalue weighted by Gasteiger charge is 2.59. The van der Waals surface area contributed by atoms with Gasteiger partial charge < -0.3 is 10.1 Å². The molecule has 6 heteroatoms. The maximum atomic E-state index is 11.7. The van der Waals surface area contributed by atoms with Gasteiger partial charge in [-0.05, 0) is 99.2 Å². The van der Waals surface area contributed by atoms with Gasteiger partial charge >= 0.3 is 5.97 Å². The Hall–Kier alpha value is -1.43. The number of ether oxygens (including phenoxy) is 1. The van der Waals surface area contributed by atoms with Crippen molar-refractivity contribution in [2.45, 2.75) is 98.0 Å². The quantitative estimate of drug-likeness (QED) is 0.246. The molecule has 3 fully saturated rings. The van der Waals surface area contributed by atoms with Crippen molar-refractivity contribution >= 4 is 29.0 Å². The number of nitrogens with one attached hydrogen (secondary N) is 2. The zero-order valence-electron chi connectivity index (χ0n) is 20.3. The van der Waals surface area contributed by atoms with Crippen molar-refractivity contribution in [3.63, 3.8) is 0 Å². The average molecular weight is 460 g/mol. The lowest BCUT2D eigenvalue weighted by Gasteiger charge is -2.58. The number of nitrogens with zero attached hydrogens (tertiary/aromatic N) is 1. The van der Waals surface area contributed by atoms with E-state index < -0.39 is 0 Å². The number of hydrazone groups is 1. The summed E-state index contributed by atoms with van der Waals surface area (Å²) in [5, 5.41) is 8.48. The summed E-state index contributed by atoms with van der Waals surface area (Å²) >= 11 is 5.36. The summed E-state index contributed by atoms with van der Waals surface area (Å²) in [7, 11) is 0. The lowest BCUT2D eigenvalue weighted by atomic mass is 9.47. The molecular formula is C26H41N3O2S. The molecule has 0 saturated heterocycles. The minimum atomic E-state index is -0.118. The Morgan fingerprint density at radius 1 is 1.19 bits per heavy atom. The molecule has 32 heavy (non-hydrogen) atoms. The van der Waals surface area contributed by atoms with E-state index in [2.05, 4.69) is 42.7 Å². The molecule has 0 aromatic rings. The molecule has 0 amide bonds. The number of carbonyl (C=O) groups is 1. The molecule has 0 radical (unpaired) electrons. The topological polar surface area (TPSA) is 62.7 Å². The summed E-state index contributed by atoms with van der Waals surface area (Å²) < 4.78 is 5.80. The molecule has 178 valence electrons. The van der Waals surface area contributed by atoms with Gasteiger partial charge in [0.15, 0.2) is 5.11 Å². The Morgan fingerprint density at radius 2 is 2.00 bits per heavy atom. The molecule has 0 aromatic carbocycles. The third-order valence-corrected chi connectivity index (χ3v) is 9.55. The van der Waals surface area contributed by atoms with Crippen LogP contribution in [-0.2, 0) is 9.53 Å². The first kappa shape index (κ1) is 23.7. The zero-order valence-corrected chi connectivity index (χ0v) is 21.2. The molecule has 4 rings (SSSR count). The second kappa shape index (κ2) is 9.44. The highest BCUT2D eigenvalue weighted by molar-refractivity contribution is 7.80. The normalized spacial score (nSPS) is 39.4. The second-order valence-corrected chi connectivity index (χ2v) is 11.5. The molecule has 0 bridgehead atoms. The fraction of sp³-hybridized carbons (Fsp3) is 0.808. The van der Waals surface area contributed by atoms with Gasteiger partial charge in [0.2, 0.25) is 0 Å². The fourth-order valence-corrected chi connectivity index (χ4v) is 7.69. The summed E-state index contributed by atoms with van der Waals surface area (Å²) in [6, 6.07) is 0. The molecule has 0 aromatic heterocycles. The van der Waals surface area contributed by atoms with E-state index in [4.69, 9.17) is 17.0 Å². The van der Waals surface area contributed by atoms with Crippen LogP contribution >= 0.6 is 12.2 Å². The van der Waals surface area contributed by atoms with Crippen molar-refractivity contribution in [2.75, 3.05) is 6.54 Å². The second-order valence-electron chi connectivity index (χ2n) is 11.0. The molecule has 4 aliphatic rings. The number of thiocarbonyl (C=S) groups is 1. The molecule has 4 aliphatic carbocycles. The van der Waals surface area contributed by atoms with Gasteiger partial charge in [-0.25, -0.2) is 0 Å². The predicted molar refractivity (Wildman–Crippen MR) is 133 cm³/mol. The number of unbranched alkanes of at least 4 members (excludes halogenated alkanes) is 1. The van der Waals surface area contributed by atoms with E-state index in [1.807, 2.05) is 0 Å². The number of hydrogen-bond donors (Lipinski definition) is 2. The van der Waals surface area contributed by atoms with Crippen molar-refractivity contribution in [3.05, 3.63) is 11.6 Å². The molecule has 0 spiro atoms. The largest absolute Gasteiger partial charge is 0.462 e. The van der Waals surface area contributed by atoms with Gasteiger partial charge in [-0.15, -0.1) is 0 Å². The molecule has 0 heterocycles. The Balaban J connectivity index is 1.44. The van der Waals surface area contributed by atoms with Gasteiger partial charge in [0.05, 0.1) is 5.71 Å². The summed E-state index contributed by atoms with van der Waals surface area (Å²) in [4.78, 5) is 11.7. The van der Waals surface area contributed by atoms with Gasteiger partial charge in [0.1, 0.15) is 6.10 Å². The van der Waals surface area contributed by atoms with Gasteiger partial charge in [-0.3, -0.25) is 10.2 Å². The minimum Gasteiger partial charge on any atom is -0.462 e. The number of allylic oxidation sites excluding steroid dienone is 2. The predicted octanol–water partition coefficient (Wildman–Crippen LogP) is 5.50. The van der Waals surface area contributed by atoms with E-state index in [0.717, 1.165) is 49.8 Å². The van der Waals surface area contributed by atoms with Crippen molar-refractivity contribution in [2.24, 2.45) is 33.7 Å². The Morgan fingerprint density at radius 3 is 2.75 bits per heavy atom. The van der Waals surface area contributed by atoms with Crippen molar-refractivity contribution < 1.29 is 9.53 Å². The molecule has 3 saturated carbocycles. The van der Waals surface area contributed by atoms with E-state index in [0.29, 0.717) is 11.0 Å². The van der Waals surface area contributed by atoms with Crippen LogP contribution in [0, 0.1) is 28.6 Å². The van der Waals surface area contributed by atoms with Crippen molar-refractivity contribution in [1.82, 2.24) is 10.7 Å². The number of fused-ring (bicyclic) bond motifs is 5. The first-order valence-electron chi connectivity index (χ1n) is 12.8. The Bertz CT molecular complexity index is 809. The third kappa shape index (κ3) is 4.36. The zero-order chi connectivity index (χ0) is 22.9. The fourth-order valence-electron chi connectivity index (χ4n) is 7.55. The lowest BCUT2D eigenvalue weighted by molar-refractivity contribution is -0.157. The van der Waals surface area contributed by atoms with Crippen LogP contribution in [0.25, 0.3) is 0 Å². The van der Waals surface area contributed by atoms with Crippen LogP contribution < -0.4 is 10.7 Å². The van der Waals surface area contributed by atoms with Gasteiger partial charge in [0.25, 0.3) is 0 Å². The molecule has 6 unspecified atom stereocenters. The van der Waals surface area contributed by atoms with Gasteiger partial charge in [-0.2, -0.15) is 5.10 Å². The van der Waals surface area contributed by atoms with E-state index in [1.54, 1.807) is 12.5 Å². The lowest BCUT2D eigenvalue weighted by Crippen LogP contribution is -2.51. The summed E-state index contributed by atoms with van der Waals surface area (Å²) in [6.07, 6.45) is 14.0. The van der Waals surface area contributed by atoms with Gasteiger partial charge in [-0.1, -0.05) is 32.8 Å². The number of carbonyl (C=O) groups excluding carboxylic acids is 1. The van der Waals surface area contributed by atoms with E-state index in [-0.39, 0.29) is 22.9 Å². The van der Waals surface area contributed by atoms with Crippen LogP contribution in [0.15, 0.2) is 16.8 Å². The molecule has 2 N–H and O–H groups in total. The minimum absolute atomic E-state index is 0.113. The van der Waals surface area contributed by atoms with Crippen LogP contribution in [0.4, 0.5) is 0 Å². The highest BCUT2D eigenvalue weighted by atomic mass is 32.1. The molecule has 5 nitrogen and oxygen atoms in total. The monoisotopic (exact) mass is 459 g/mol. The number of rotatable bonds is 5. The van der Waals surface area contributed by atoms with Crippen molar-refractivity contribution in [1.29, 1.82) is 0 Å². The van der Waals surface area contributed by atoms with Crippen LogP contribution in [0.2, 0.25) is 0 Å². The first-order valence-corrected chi connectivity index (χ1v) is 13.2. The summed E-state index contributed by atoms with van der Waals surface area (Å²) in [6.45, 7) is 9.55. The standard InChI is InChI=1S/C26H41N3O2S/c1-5-6-15-27-24(32)29-28-19-11-13-25(3)18(16-19)7-8-20-21-9-10-23(31-17(2)30)26(21,4)14-12-22(20)25/h16,20-23H,5-15H2,1-4H3,(H2,27,29,32)/b28-19+. The Kier molecular flexibility index (Phi) is 7.00. The molecule has 0 aliphatic heterocycles. The van der Waals surface area contributed by atoms with Gasteiger partial charge in [0, 0.05) is 18.9 Å². The van der Waals surface area contributed by atoms with E-state index in [1.165, 1.54) is 38.5 Å². The maximum Gasteiger partial charge on any atom is 0.302 e. The smallest absolute Gasteiger partial charge is 0.302 e. The SMILES string of the molecule is CCCCNC(=S)N/N=C1/C=C2CCC3C(CCC4(C)C(OC(C)=O)CCC34)C2(C)CC1. The number of hydrogen-bond acceptors (Lipinski definition) is 4. The first-order chi connectivity index (χ1) is 15.3. The van der Waals surface area contributed by atoms with Crippen LogP contribution in [0.3, 0.4) is 0 Å². The van der Waals surface area contributed by atoms with Crippen LogP contribution in [0.5, 0.6) is 0 Å². The summed E-state index contributed by atoms with van der Waals surface area (Å²) in [5.74, 6) is 2.06. The van der Waals surface area contributed by atoms with E-state index in [9.17, 15) is 4.79 Å². The third-order valence-electron chi connectivity index (χ3n) is 9.32. The highest BCUT2D eigenvalue weighted by Crippen LogP contribution is 2.65. The maximum absolute atomic E-state index is 11.7. The molecule has 6 atom stereocenters. The van der Waals surface area contributed by atoms with Crippen LogP contribution in [0.1, 0.15) is 91.9 Å². The Labute approximate surface area is 199 Å². The van der Waals surface area contributed by atoms with Crippen LogP contribution in [-0.4, -0.2) is 29.4 Å². The number of esters is 1. The average Bonchev–Trinajstić information content (AvgIpc) is 3.08. The van der Waals surface area contributed by atoms with E-state index >= 15 is 0 Å². The van der Waals surface area contributed by atoms with Crippen molar-refractivity contribution in [3.8, 4) is 0 Å².